The van der Waals surface area contributed by atoms with Crippen molar-refractivity contribution in [1.29, 1.82) is 0 Å². The Morgan fingerprint density at radius 3 is 2.56 bits per heavy atom. The van der Waals surface area contributed by atoms with Crippen LogP contribution in [0, 0.1) is 5.82 Å². The molecular weight excluding hydrogens is 449 g/mol. The van der Waals surface area contributed by atoms with Gasteiger partial charge in [-0.25, -0.2) is 8.78 Å². The number of alkyl halides is 4. The van der Waals surface area contributed by atoms with Gasteiger partial charge in [0.2, 0.25) is 5.67 Å². The molecule has 7 heteroatoms. The number of hydrogen-bond donors (Lipinski definition) is 0. The first kappa shape index (κ1) is 21.0. The standard InChI is InChI=1S/C27H30F5NO/c1-4-23(34)17(2)33-14-13-26(16-18-5-9-21(28)10-6-18)22-11-8-20(25(3,29)27(30,31)32)15-19(22)7-12-24(26)33/h5-6,8-11,15,17,24H,4,7,12-14,16H2,1-3H3/t17?,24-,25?,26-/m1/s1/i1D3. The third kappa shape index (κ3) is 4.06. The predicted octanol–water partition coefficient (Wildman–Crippen LogP) is 6.44. The molecule has 0 radical (unpaired) electrons. The smallest absolute Gasteiger partial charge is 0.298 e. The molecule has 0 amide bonds. The maximum atomic E-state index is 14.8. The highest BCUT2D eigenvalue weighted by Gasteiger charge is 2.55. The summed E-state index contributed by atoms with van der Waals surface area (Å²) < 4.78 is 91.0. The molecule has 0 N–H and O–H groups in total. The van der Waals surface area contributed by atoms with E-state index in [1.165, 1.54) is 24.3 Å². The molecule has 0 spiro atoms. The molecule has 34 heavy (non-hydrogen) atoms. The SMILES string of the molecule is [2H]C([2H])([2H])CC(=O)C(C)N1CC[C@@]2(Cc3ccc(F)cc3)c3ccc(C(C)(F)C(F)(F)F)cc3CC[C@@H]12. The highest BCUT2D eigenvalue weighted by Crippen LogP contribution is 2.51. The molecule has 1 aliphatic heterocycles. The van der Waals surface area contributed by atoms with Gasteiger partial charge in [-0.3, -0.25) is 9.69 Å². The molecule has 2 aliphatic rings. The first-order valence-corrected chi connectivity index (χ1v) is 11.5. The average Bonchev–Trinajstić information content (AvgIpc) is 3.17. The second kappa shape index (κ2) is 8.74. The van der Waals surface area contributed by atoms with Gasteiger partial charge in [0, 0.05) is 28.5 Å². The summed E-state index contributed by atoms with van der Waals surface area (Å²) in [6.45, 7) is 0.316. The molecule has 4 atom stereocenters. The van der Waals surface area contributed by atoms with E-state index < -0.39 is 53.7 Å². The van der Waals surface area contributed by atoms with Crippen molar-refractivity contribution in [3.63, 3.8) is 0 Å². The van der Waals surface area contributed by atoms with E-state index in [1.54, 1.807) is 25.1 Å². The Hall–Kier alpha value is -2.28. The molecule has 0 aromatic heterocycles. The number of halogens is 5. The summed E-state index contributed by atoms with van der Waals surface area (Å²) in [5, 5.41) is 0. The molecule has 0 bridgehead atoms. The minimum atomic E-state index is -5.06. The molecule has 184 valence electrons. The second-order valence-corrected chi connectivity index (χ2v) is 9.69. The van der Waals surface area contributed by atoms with Crippen LogP contribution in [0.2, 0.25) is 0 Å². The Labute approximate surface area is 201 Å². The lowest BCUT2D eigenvalue weighted by molar-refractivity contribution is -0.228. The summed E-state index contributed by atoms with van der Waals surface area (Å²) in [4.78, 5) is 14.8. The third-order valence-electron chi connectivity index (χ3n) is 7.83. The van der Waals surface area contributed by atoms with E-state index >= 15 is 0 Å². The van der Waals surface area contributed by atoms with Crippen molar-refractivity contribution in [2.45, 2.75) is 82.1 Å². The fourth-order valence-corrected chi connectivity index (χ4v) is 5.82. The maximum Gasteiger partial charge on any atom is 0.426 e. The Balaban J connectivity index is 1.76. The monoisotopic (exact) mass is 482 g/mol. The number of carbonyl (C=O) groups is 1. The minimum Gasteiger partial charge on any atom is -0.298 e. The van der Waals surface area contributed by atoms with Gasteiger partial charge in [0.05, 0.1) is 6.04 Å². The van der Waals surface area contributed by atoms with Crippen molar-refractivity contribution in [2.24, 2.45) is 0 Å². The minimum absolute atomic E-state index is 0.189. The number of likely N-dealkylation sites (tertiary alicyclic amines) is 1. The summed E-state index contributed by atoms with van der Waals surface area (Å²) in [5.74, 6) is -0.782. The van der Waals surface area contributed by atoms with Gasteiger partial charge >= 0.3 is 6.18 Å². The van der Waals surface area contributed by atoms with E-state index in [-0.39, 0.29) is 6.04 Å². The molecule has 0 saturated carbocycles. The van der Waals surface area contributed by atoms with Crippen LogP contribution in [0.25, 0.3) is 0 Å². The largest absolute Gasteiger partial charge is 0.426 e. The predicted molar refractivity (Wildman–Crippen MR) is 121 cm³/mol. The van der Waals surface area contributed by atoms with Crippen LogP contribution in [0.15, 0.2) is 42.5 Å². The zero-order valence-corrected chi connectivity index (χ0v) is 19.2. The fraction of sp³-hybridized carbons (Fsp3) is 0.519. The molecule has 1 fully saturated rings. The van der Waals surface area contributed by atoms with Gasteiger partial charge in [-0.2, -0.15) is 13.2 Å². The number of carbonyl (C=O) groups excluding carboxylic acids is 1. The lowest BCUT2D eigenvalue weighted by Crippen LogP contribution is -2.51. The number of fused-ring (bicyclic) bond motifs is 3. The summed E-state index contributed by atoms with van der Waals surface area (Å²) in [6.07, 6.45) is -3.68. The Bertz CT molecular complexity index is 1160. The van der Waals surface area contributed by atoms with Gasteiger partial charge in [0.15, 0.2) is 0 Å². The number of ketones is 1. The number of benzene rings is 2. The van der Waals surface area contributed by atoms with Crippen molar-refractivity contribution >= 4 is 5.78 Å². The van der Waals surface area contributed by atoms with Crippen LogP contribution in [0.1, 0.15) is 66.3 Å². The van der Waals surface area contributed by atoms with Gasteiger partial charge in [-0.05, 0) is 73.9 Å². The van der Waals surface area contributed by atoms with Gasteiger partial charge < -0.3 is 0 Å². The van der Waals surface area contributed by atoms with Crippen molar-refractivity contribution < 1.29 is 30.9 Å². The summed E-state index contributed by atoms with van der Waals surface area (Å²) in [6, 6.07) is 9.25. The van der Waals surface area contributed by atoms with Gasteiger partial charge in [0.25, 0.3) is 0 Å². The van der Waals surface area contributed by atoms with E-state index in [2.05, 4.69) is 0 Å². The molecule has 1 aliphatic carbocycles. The molecule has 2 nitrogen and oxygen atoms in total. The lowest BCUT2D eigenvalue weighted by atomic mass is 9.63. The number of nitrogens with zero attached hydrogens (tertiary/aromatic N) is 1. The molecule has 2 aromatic carbocycles. The van der Waals surface area contributed by atoms with Crippen LogP contribution in [0.5, 0.6) is 0 Å². The van der Waals surface area contributed by atoms with Gasteiger partial charge in [-0.1, -0.05) is 37.2 Å². The van der Waals surface area contributed by atoms with Crippen LogP contribution in [0.3, 0.4) is 0 Å². The van der Waals surface area contributed by atoms with E-state index in [9.17, 15) is 26.7 Å². The van der Waals surface area contributed by atoms with E-state index in [4.69, 9.17) is 4.11 Å². The van der Waals surface area contributed by atoms with Crippen LogP contribution in [-0.4, -0.2) is 35.5 Å². The third-order valence-corrected chi connectivity index (χ3v) is 7.83. The zero-order valence-electron chi connectivity index (χ0n) is 22.2. The summed E-state index contributed by atoms with van der Waals surface area (Å²) in [5.41, 5.74) is -2.30. The van der Waals surface area contributed by atoms with E-state index in [0.29, 0.717) is 44.7 Å². The van der Waals surface area contributed by atoms with Gasteiger partial charge in [-0.15, -0.1) is 0 Å². The average molecular weight is 483 g/mol. The van der Waals surface area contributed by atoms with Crippen LogP contribution < -0.4 is 0 Å². The number of Topliss-reactive ketones (excluding diaryl/α,β-unsaturated/α-hetero) is 1. The number of aryl methyl sites for hydroxylation is 1. The van der Waals surface area contributed by atoms with Crippen LogP contribution >= 0.6 is 0 Å². The first-order chi connectivity index (χ1) is 17.0. The molecule has 1 saturated heterocycles. The lowest BCUT2D eigenvalue weighted by Gasteiger charge is -2.45. The van der Waals surface area contributed by atoms with Crippen molar-refractivity contribution in [1.82, 2.24) is 4.90 Å². The van der Waals surface area contributed by atoms with Crippen molar-refractivity contribution in [3.8, 4) is 0 Å². The highest BCUT2D eigenvalue weighted by atomic mass is 19.4. The summed E-state index contributed by atoms with van der Waals surface area (Å²) >= 11 is 0. The Kier molecular flexibility index (Phi) is 5.41. The zero-order chi connectivity index (χ0) is 27.4. The molecule has 2 aromatic rings. The quantitative estimate of drug-likeness (QED) is 0.442. The first-order valence-electron chi connectivity index (χ1n) is 13.0. The Morgan fingerprint density at radius 1 is 1.21 bits per heavy atom. The molecule has 1 heterocycles. The van der Waals surface area contributed by atoms with Crippen molar-refractivity contribution in [3.05, 3.63) is 70.5 Å². The molecule has 2 unspecified atom stereocenters. The van der Waals surface area contributed by atoms with E-state index in [0.717, 1.165) is 11.1 Å². The van der Waals surface area contributed by atoms with Crippen LogP contribution in [0.4, 0.5) is 22.0 Å². The van der Waals surface area contributed by atoms with Crippen molar-refractivity contribution in [2.75, 3.05) is 6.54 Å². The van der Waals surface area contributed by atoms with Crippen LogP contribution in [-0.2, 0) is 28.7 Å². The second-order valence-electron chi connectivity index (χ2n) is 9.69. The Morgan fingerprint density at radius 2 is 1.91 bits per heavy atom. The number of rotatable bonds is 6. The summed E-state index contributed by atoms with van der Waals surface area (Å²) in [7, 11) is 0. The van der Waals surface area contributed by atoms with E-state index in [1.807, 2.05) is 4.90 Å². The molecule has 4 rings (SSSR count). The number of hydrogen-bond acceptors (Lipinski definition) is 2. The maximum absolute atomic E-state index is 14.8. The topological polar surface area (TPSA) is 20.3 Å². The highest BCUT2D eigenvalue weighted by molar-refractivity contribution is 5.83. The fourth-order valence-electron chi connectivity index (χ4n) is 5.82. The van der Waals surface area contributed by atoms with Gasteiger partial charge in [0.1, 0.15) is 11.6 Å². The normalized spacial score (nSPS) is 27.0. The molecular formula is C27H30F5NO.